The van der Waals surface area contributed by atoms with E-state index in [0.717, 1.165) is 76.2 Å². The summed E-state index contributed by atoms with van der Waals surface area (Å²) in [6.45, 7) is 26.5. The number of allylic oxidation sites excluding steroid dienone is 1. The summed E-state index contributed by atoms with van der Waals surface area (Å²) in [7, 11) is 0. The molecule has 0 saturated heterocycles. The quantitative estimate of drug-likeness (QED) is 0.151. The normalized spacial score (nSPS) is 44.2. The van der Waals surface area contributed by atoms with Crippen LogP contribution in [0.25, 0.3) is 0 Å². The second-order valence-electron chi connectivity index (χ2n) is 21.6. The summed E-state index contributed by atoms with van der Waals surface area (Å²) in [5, 5.41) is 22.8. The molecular weight excluding hydrogens is 666 g/mol. The number of carbonyl (C=O) groups excluding carboxylic acids is 2. The Morgan fingerprint density at radius 1 is 0.792 bits per heavy atom. The number of carbonyl (C=O) groups is 4. The predicted molar refractivity (Wildman–Crippen MR) is 206 cm³/mol. The average Bonchev–Trinajstić information content (AvgIpc) is 3.40. The summed E-state index contributed by atoms with van der Waals surface area (Å²) < 4.78 is 6.41. The Bertz CT molecular complexity index is 1520. The van der Waals surface area contributed by atoms with E-state index in [1.54, 1.807) is 0 Å². The van der Waals surface area contributed by atoms with Gasteiger partial charge < -0.3 is 20.3 Å². The van der Waals surface area contributed by atoms with Gasteiger partial charge in [0.05, 0.1) is 17.3 Å². The third-order valence-corrected chi connectivity index (χ3v) is 18.0. The SMILES string of the molecule is C=C(C)CC1CCC2(C(=O)NC(CC(C)C)C(=O)O)CCC3(C)C(CCC4C5(C)CCC(OC(=O)C6CC(C(=O)O)C6(C)C)C(C)(C)C5CCC43C)C12. The fourth-order valence-corrected chi connectivity index (χ4v) is 15.0. The van der Waals surface area contributed by atoms with Gasteiger partial charge >= 0.3 is 17.9 Å². The molecule has 3 N–H and O–H groups in total. The minimum Gasteiger partial charge on any atom is -0.481 e. The van der Waals surface area contributed by atoms with Gasteiger partial charge in [-0.15, -0.1) is 6.58 Å². The summed E-state index contributed by atoms with van der Waals surface area (Å²) in [6.07, 6.45) is 11.3. The van der Waals surface area contributed by atoms with Crippen LogP contribution in [0.2, 0.25) is 0 Å². The molecule has 6 aliphatic carbocycles. The van der Waals surface area contributed by atoms with Gasteiger partial charge in [0.15, 0.2) is 0 Å². The lowest BCUT2D eigenvalue weighted by molar-refractivity contribution is -0.251. The maximum Gasteiger partial charge on any atom is 0.326 e. The lowest BCUT2D eigenvalue weighted by atomic mass is 9.32. The van der Waals surface area contributed by atoms with Crippen molar-refractivity contribution in [3.8, 4) is 0 Å². The highest BCUT2D eigenvalue weighted by Crippen LogP contribution is 2.77. The van der Waals surface area contributed by atoms with Gasteiger partial charge in [-0.25, -0.2) is 4.79 Å². The van der Waals surface area contributed by atoms with Crippen LogP contribution in [-0.4, -0.2) is 46.2 Å². The fraction of sp³-hybridized carbons (Fsp3) is 0.867. The van der Waals surface area contributed by atoms with Gasteiger partial charge in [0.2, 0.25) is 5.91 Å². The molecule has 1 amide bonds. The minimum absolute atomic E-state index is 0.0249. The zero-order chi connectivity index (χ0) is 39.3. The molecule has 6 saturated carbocycles. The highest BCUT2D eigenvalue weighted by atomic mass is 16.5. The van der Waals surface area contributed by atoms with Crippen molar-refractivity contribution in [1.82, 2.24) is 5.32 Å². The first-order chi connectivity index (χ1) is 24.5. The van der Waals surface area contributed by atoms with Crippen LogP contribution in [-0.2, 0) is 23.9 Å². The van der Waals surface area contributed by atoms with Crippen LogP contribution >= 0.6 is 0 Å². The number of hydrogen-bond acceptors (Lipinski definition) is 5. The third kappa shape index (κ3) is 6.03. The zero-order valence-electron chi connectivity index (χ0n) is 34.6. The smallest absolute Gasteiger partial charge is 0.326 e. The monoisotopic (exact) mass is 738 g/mol. The Kier molecular flexibility index (Phi) is 10.2. The van der Waals surface area contributed by atoms with E-state index in [0.29, 0.717) is 36.5 Å². The van der Waals surface area contributed by atoms with Crippen LogP contribution in [0.1, 0.15) is 153 Å². The molecule has 0 bridgehead atoms. The van der Waals surface area contributed by atoms with Crippen molar-refractivity contribution >= 4 is 23.8 Å². The number of carboxylic acid groups (broad SMARTS) is 2. The minimum atomic E-state index is -0.943. The van der Waals surface area contributed by atoms with Crippen LogP contribution in [0.3, 0.4) is 0 Å². The number of aliphatic carboxylic acids is 2. The van der Waals surface area contributed by atoms with Crippen molar-refractivity contribution in [1.29, 1.82) is 0 Å². The molecule has 13 atom stereocenters. The molecule has 0 aromatic carbocycles. The Labute approximate surface area is 319 Å². The lowest BCUT2D eigenvalue weighted by Gasteiger charge is -2.73. The Morgan fingerprint density at radius 2 is 1.47 bits per heavy atom. The van der Waals surface area contributed by atoms with E-state index in [-0.39, 0.29) is 57.4 Å². The molecule has 0 aliphatic heterocycles. The zero-order valence-corrected chi connectivity index (χ0v) is 34.6. The molecule has 0 radical (unpaired) electrons. The van der Waals surface area contributed by atoms with Gasteiger partial charge in [-0.2, -0.15) is 0 Å². The standard InChI is InChI=1S/C45H71NO7/c1-25(2)22-27-14-19-45(39(52)46-31(37(49)50)23-26(3)4)21-20-43(10)28(35(27)45)12-13-33-42(9)17-16-34(41(7,8)32(42)15-18-44(33,43)11)53-38(51)30-24-29(36(47)48)40(30,5)6/h26-35H,1,12-24H2,2-11H3,(H,46,52)(H,47,48)(H,49,50). The van der Waals surface area contributed by atoms with Crippen LogP contribution in [0.15, 0.2) is 12.2 Å². The molecule has 8 nitrogen and oxygen atoms in total. The molecule has 6 fully saturated rings. The molecule has 0 aromatic heterocycles. The molecule has 6 rings (SSSR count). The van der Waals surface area contributed by atoms with E-state index in [2.05, 4.69) is 53.4 Å². The van der Waals surface area contributed by atoms with Gasteiger partial charge in [0.25, 0.3) is 0 Å². The van der Waals surface area contributed by atoms with E-state index >= 15 is 0 Å². The van der Waals surface area contributed by atoms with Gasteiger partial charge in [0, 0.05) is 5.41 Å². The van der Waals surface area contributed by atoms with Crippen molar-refractivity contribution in [2.45, 2.75) is 165 Å². The van der Waals surface area contributed by atoms with Gasteiger partial charge in [-0.05, 0) is 148 Å². The number of amides is 1. The number of ether oxygens (including phenoxy) is 1. The summed E-state index contributed by atoms with van der Waals surface area (Å²) in [5.74, 6) is -0.884. The van der Waals surface area contributed by atoms with Crippen molar-refractivity contribution in [2.75, 3.05) is 0 Å². The summed E-state index contributed by atoms with van der Waals surface area (Å²) in [5.41, 5.74) is 0.0226. The van der Waals surface area contributed by atoms with Crippen molar-refractivity contribution < 1.29 is 34.1 Å². The number of nitrogens with one attached hydrogen (secondary N) is 1. The predicted octanol–water partition coefficient (Wildman–Crippen LogP) is 9.31. The van der Waals surface area contributed by atoms with Crippen LogP contribution in [0.4, 0.5) is 0 Å². The molecule has 0 aromatic rings. The number of rotatable bonds is 10. The highest BCUT2D eigenvalue weighted by molar-refractivity contribution is 5.88. The molecule has 13 unspecified atom stereocenters. The Balaban J connectivity index is 1.26. The first-order valence-corrected chi connectivity index (χ1v) is 21.1. The molecular formula is C45H71NO7. The third-order valence-electron chi connectivity index (χ3n) is 18.0. The highest BCUT2D eigenvalue weighted by Gasteiger charge is 2.72. The van der Waals surface area contributed by atoms with Gasteiger partial charge in [-0.1, -0.05) is 67.9 Å². The lowest BCUT2D eigenvalue weighted by Crippen LogP contribution is -2.67. The summed E-state index contributed by atoms with van der Waals surface area (Å²) in [4.78, 5) is 52.3. The summed E-state index contributed by atoms with van der Waals surface area (Å²) >= 11 is 0. The number of hydrogen-bond donors (Lipinski definition) is 3. The van der Waals surface area contributed by atoms with Crippen LogP contribution in [0.5, 0.6) is 0 Å². The second kappa shape index (κ2) is 13.4. The first-order valence-electron chi connectivity index (χ1n) is 21.1. The number of fused-ring (bicyclic) bond motifs is 7. The molecule has 298 valence electrons. The maximum absolute atomic E-state index is 14.6. The van der Waals surface area contributed by atoms with E-state index in [1.807, 2.05) is 27.7 Å². The number of carboxylic acids is 2. The van der Waals surface area contributed by atoms with Gasteiger partial charge in [0.1, 0.15) is 12.1 Å². The molecule has 53 heavy (non-hydrogen) atoms. The second-order valence-corrected chi connectivity index (χ2v) is 21.6. The van der Waals surface area contributed by atoms with Crippen LogP contribution in [0, 0.1) is 79.8 Å². The fourth-order valence-electron chi connectivity index (χ4n) is 15.0. The Hall–Kier alpha value is -2.38. The topological polar surface area (TPSA) is 130 Å². The molecule has 0 heterocycles. The maximum atomic E-state index is 14.6. The Morgan fingerprint density at radius 3 is 2.06 bits per heavy atom. The largest absolute Gasteiger partial charge is 0.481 e. The molecule has 6 aliphatic rings. The average molecular weight is 738 g/mol. The van der Waals surface area contributed by atoms with E-state index in [1.165, 1.54) is 0 Å². The van der Waals surface area contributed by atoms with Crippen molar-refractivity contribution in [3.63, 3.8) is 0 Å². The van der Waals surface area contributed by atoms with Gasteiger partial charge in [-0.3, -0.25) is 14.4 Å². The van der Waals surface area contributed by atoms with E-state index in [9.17, 15) is 29.4 Å². The molecule has 0 spiro atoms. The van der Waals surface area contributed by atoms with Crippen LogP contribution < -0.4 is 5.32 Å². The van der Waals surface area contributed by atoms with Crippen molar-refractivity contribution in [2.24, 2.45) is 79.8 Å². The number of esters is 1. The first kappa shape index (κ1) is 40.3. The van der Waals surface area contributed by atoms with E-state index < -0.39 is 34.7 Å². The summed E-state index contributed by atoms with van der Waals surface area (Å²) in [6, 6.07) is -0.867. The van der Waals surface area contributed by atoms with E-state index in [4.69, 9.17) is 4.74 Å². The van der Waals surface area contributed by atoms with Crippen molar-refractivity contribution in [3.05, 3.63) is 12.2 Å². The molecule has 8 heteroatoms.